The standard InChI is InChI=1S/C9H9N.C8H11N/c1-7-2-3-8-4-5-10-9(8)6-7;1-7-3-2-4-8(5-7)6-9/h2-6,10H,1H3;2-5H,6,9H2,1H3. The fourth-order valence-corrected chi connectivity index (χ4v) is 2.00. The van der Waals surface area contributed by atoms with Gasteiger partial charge in [0.15, 0.2) is 0 Å². The molecule has 3 rings (SSSR count). The van der Waals surface area contributed by atoms with Crippen LogP contribution in [-0.2, 0) is 6.54 Å². The predicted molar refractivity (Wildman–Crippen MR) is 82.1 cm³/mol. The maximum atomic E-state index is 5.42. The molecule has 1 aromatic heterocycles. The lowest BCUT2D eigenvalue weighted by Crippen LogP contribution is -1.95. The summed E-state index contributed by atoms with van der Waals surface area (Å²) in [5.41, 5.74) is 10.4. The van der Waals surface area contributed by atoms with Gasteiger partial charge in [-0.05, 0) is 42.5 Å². The summed E-state index contributed by atoms with van der Waals surface area (Å²) in [6.45, 7) is 4.81. The number of hydrogen-bond acceptors (Lipinski definition) is 1. The van der Waals surface area contributed by atoms with Crippen molar-refractivity contribution in [1.82, 2.24) is 4.98 Å². The Hall–Kier alpha value is -2.06. The van der Waals surface area contributed by atoms with E-state index in [-0.39, 0.29) is 0 Å². The smallest absolute Gasteiger partial charge is 0.0456 e. The molecule has 98 valence electrons. The molecule has 2 nitrogen and oxygen atoms in total. The third kappa shape index (κ3) is 3.70. The van der Waals surface area contributed by atoms with Gasteiger partial charge in [-0.1, -0.05) is 42.0 Å². The molecule has 0 saturated carbocycles. The number of fused-ring (bicyclic) bond motifs is 1. The van der Waals surface area contributed by atoms with E-state index in [9.17, 15) is 0 Å². The molecule has 0 spiro atoms. The van der Waals surface area contributed by atoms with Gasteiger partial charge in [0.25, 0.3) is 0 Å². The molecule has 3 N–H and O–H groups in total. The second kappa shape index (κ2) is 6.21. The molecule has 19 heavy (non-hydrogen) atoms. The van der Waals surface area contributed by atoms with Gasteiger partial charge < -0.3 is 10.7 Å². The van der Waals surface area contributed by atoms with Gasteiger partial charge in [0.2, 0.25) is 0 Å². The third-order valence-electron chi connectivity index (χ3n) is 3.03. The zero-order valence-corrected chi connectivity index (χ0v) is 11.5. The van der Waals surface area contributed by atoms with E-state index < -0.39 is 0 Å². The van der Waals surface area contributed by atoms with Crippen molar-refractivity contribution in [2.75, 3.05) is 0 Å². The van der Waals surface area contributed by atoms with Gasteiger partial charge in [-0.15, -0.1) is 0 Å². The number of nitrogens with two attached hydrogens (primary N) is 1. The summed E-state index contributed by atoms with van der Waals surface area (Å²) in [6, 6.07) is 16.7. The minimum atomic E-state index is 0.641. The van der Waals surface area contributed by atoms with Crippen LogP contribution in [0.4, 0.5) is 0 Å². The van der Waals surface area contributed by atoms with Crippen molar-refractivity contribution in [2.24, 2.45) is 5.73 Å². The molecule has 0 amide bonds. The lowest BCUT2D eigenvalue weighted by atomic mass is 10.1. The first-order chi connectivity index (χ1) is 9.19. The SMILES string of the molecule is Cc1ccc2cc[nH]c2c1.Cc1cccc(CN)c1. The van der Waals surface area contributed by atoms with E-state index in [1.165, 1.54) is 27.6 Å². The topological polar surface area (TPSA) is 41.8 Å². The summed E-state index contributed by atoms with van der Waals surface area (Å²) in [5.74, 6) is 0. The number of rotatable bonds is 1. The molecule has 0 radical (unpaired) electrons. The first-order valence-corrected chi connectivity index (χ1v) is 6.48. The third-order valence-corrected chi connectivity index (χ3v) is 3.03. The molecule has 0 aliphatic rings. The van der Waals surface area contributed by atoms with Gasteiger partial charge >= 0.3 is 0 Å². The van der Waals surface area contributed by atoms with E-state index in [0.717, 1.165) is 0 Å². The average Bonchev–Trinajstić information content (AvgIpc) is 2.86. The summed E-state index contributed by atoms with van der Waals surface area (Å²) >= 11 is 0. The summed E-state index contributed by atoms with van der Waals surface area (Å²) < 4.78 is 0. The minimum absolute atomic E-state index is 0.641. The van der Waals surface area contributed by atoms with Crippen LogP contribution in [-0.4, -0.2) is 4.98 Å². The van der Waals surface area contributed by atoms with E-state index in [0.29, 0.717) is 6.54 Å². The molecule has 0 fully saturated rings. The van der Waals surface area contributed by atoms with E-state index in [1.807, 2.05) is 18.3 Å². The van der Waals surface area contributed by atoms with Gasteiger partial charge in [0, 0.05) is 18.3 Å². The van der Waals surface area contributed by atoms with Gasteiger partial charge in [-0.25, -0.2) is 0 Å². The van der Waals surface area contributed by atoms with Gasteiger partial charge in [-0.3, -0.25) is 0 Å². The Bertz CT molecular complexity index is 653. The fourth-order valence-electron chi connectivity index (χ4n) is 2.00. The Labute approximate surface area is 114 Å². The quantitative estimate of drug-likeness (QED) is 0.677. The highest BCUT2D eigenvalue weighted by molar-refractivity contribution is 5.79. The Kier molecular flexibility index (Phi) is 4.37. The molecule has 0 aliphatic heterocycles. The van der Waals surface area contributed by atoms with Crippen LogP contribution in [0.5, 0.6) is 0 Å². The average molecular weight is 252 g/mol. The van der Waals surface area contributed by atoms with E-state index in [4.69, 9.17) is 5.73 Å². The van der Waals surface area contributed by atoms with Crippen LogP contribution in [0.1, 0.15) is 16.7 Å². The summed E-state index contributed by atoms with van der Waals surface area (Å²) in [4.78, 5) is 3.16. The summed E-state index contributed by atoms with van der Waals surface area (Å²) in [6.07, 6.45) is 1.96. The number of aromatic amines is 1. The maximum absolute atomic E-state index is 5.42. The zero-order chi connectivity index (χ0) is 13.7. The van der Waals surface area contributed by atoms with E-state index >= 15 is 0 Å². The van der Waals surface area contributed by atoms with Gasteiger partial charge in [-0.2, -0.15) is 0 Å². The molecule has 0 atom stereocenters. The van der Waals surface area contributed by atoms with Crippen molar-refractivity contribution in [2.45, 2.75) is 20.4 Å². The van der Waals surface area contributed by atoms with E-state index in [1.54, 1.807) is 0 Å². The van der Waals surface area contributed by atoms with Crippen LogP contribution in [0.2, 0.25) is 0 Å². The minimum Gasteiger partial charge on any atom is -0.361 e. The summed E-state index contributed by atoms with van der Waals surface area (Å²) in [5, 5.41) is 1.28. The molecule has 0 aliphatic carbocycles. The van der Waals surface area contributed by atoms with E-state index in [2.05, 4.69) is 55.2 Å². The van der Waals surface area contributed by atoms with Crippen LogP contribution in [0, 0.1) is 13.8 Å². The van der Waals surface area contributed by atoms with Crippen molar-refractivity contribution < 1.29 is 0 Å². The molecular formula is C17H20N2. The molecular weight excluding hydrogens is 232 g/mol. The van der Waals surface area contributed by atoms with Crippen molar-refractivity contribution in [3.05, 3.63) is 71.4 Å². The van der Waals surface area contributed by atoms with Crippen LogP contribution in [0.3, 0.4) is 0 Å². The second-order valence-corrected chi connectivity index (χ2v) is 4.76. The molecule has 0 unspecified atom stereocenters. The lowest BCUT2D eigenvalue weighted by molar-refractivity contribution is 1.07. The highest BCUT2D eigenvalue weighted by atomic mass is 14.7. The molecule has 2 aromatic carbocycles. The Morgan fingerprint density at radius 1 is 0.947 bits per heavy atom. The van der Waals surface area contributed by atoms with Gasteiger partial charge in [0.05, 0.1) is 0 Å². The molecule has 3 aromatic rings. The van der Waals surface area contributed by atoms with Crippen LogP contribution >= 0.6 is 0 Å². The molecule has 2 heteroatoms. The van der Waals surface area contributed by atoms with Crippen molar-refractivity contribution in [1.29, 1.82) is 0 Å². The van der Waals surface area contributed by atoms with Crippen molar-refractivity contribution >= 4 is 10.9 Å². The normalized spacial score (nSPS) is 10.1. The monoisotopic (exact) mass is 252 g/mol. The molecule has 1 heterocycles. The first-order valence-electron chi connectivity index (χ1n) is 6.48. The largest absolute Gasteiger partial charge is 0.361 e. The number of nitrogens with one attached hydrogen (secondary N) is 1. The lowest BCUT2D eigenvalue weighted by Gasteiger charge is -1.95. The molecule has 0 bridgehead atoms. The summed E-state index contributed by atoms with van der Waals surface area (Å²) in [7, 11) is 0. The second-order valence-electron chi connectivity index (χ2n) is 4.76. The zero-order valence-electron chi connectivity index (χ0n) is 11.5. The highest BCUT2D eigenvalue weighted by Crippen LogP contribution is 2.12. The Morgan fingerprint density at radius 2 is 1.74 bits per heavy atom. The Balaban J connectivity index is 0.000000141. The highest BCUT2D eigenvalue weighted by Gasteiger charge is 1.91. The maximum Gasteiger partial charge on any atom is 0.0456 e. The number of aromatic nitrogens is 1. The number of H-pyrrole nitrogens is 1. The first kappa shape index (κ1) is 13.4. The van der Waals surface area contributed by atoms with Crippen molar-refractivity contribution in [3.63, 3.8) is 0 Å². The predicted octanol–water partition coefficient (Wildman–Crippen LogP) is 3.93. The van der Waals surface area contributed by atoms with Crippen LogP contribution in [0.25, 0.3) is 10.9 Å². The van der Waals surface area contributed by atoms with Crippen molar-refractivity contribution in [3.8, 4) is 0 Å². The van der Waals surface area contributed by atoms with Gasteiger partial charge in [0.1, 0.15) is 0 Å². The molecule has 0 saturated heterocycles. The van der Waals surface area contributed by atoms with Crippen LogP contribution < -0.4 is 5.73 Å². The number of hydrogen-bond donors (Lipinski definition) is 2. The Morgan fingerprint density at radius 3 is 2.42 bits per heavy atom. The number of aryl methyl sites for hydroxylation is 2. The van der Waals surface area contributed by atoms with Crippen LogP contribution in [0.15, 0.2) is 54.7 Å². The number of benzene rings is 2. The fraction of sp³-hybridized carbons (Fsp3) is 0.176.